The molecule has 0 spiro atoms. The predicted octanol–water partition coefficient (Wildman–Crippen LogP) is 6.82. The molecule has 0 saturated heterocycles. The summed E-state index contributed by atoms with van der Waals surface area (Å²) >= 11 is 0. The highest BCUT2D eigenvalue weighted by Crippen LogP contribution is 2.25. The number of esters is 2. The van der Waals surface area contributed by atoms with E-state index in [4.69, 9.17) is 19.2 Å². The number of ether oxygens (including phenoxy) is 2. The summed E-state index contributed by atoms with van der Waals surface area (Å²) in [4.78, 5) is 49.2. The molecule has 0 aromatic heterocycles. The van der Waals surface area contributed by atoms with Crippen LogP contribution in [0.15, 0.2) is 18.2 Å². The molecule has 0 aliphatic rings. The molecule has 0 heterocycles. The number of rotatable bonds is 13. The van der Waals surface area contributed by atoms with Crippen LogP contribution < -0.4 is 0 Å². The second-order valence-corrected chi connectivity index (χ2v) is 10.5. The van der Waals surface area contributed by atoms with Crippen molar-refractivity contribution in [3.05, 3.63) is 34.9 Å². The molecule has 0 fully saturated rings. The molecule has 1 aromatic rings. The maximum Gasteiger partial charge on any atom is 0.374 e. The molecular weight excluding hydrogens is 436 g/mol. The lowest BCUT2D eigenvalue weighted by Crippen LogP contribution is -2.30. The van der Waals surface area contributed by atoms with Gasteiger partial charge in [-0.15, -0.1) is 0 Å². The van der Waals surface area contributed by atoms with Crippen LogP contribution in [0, 0.1) is 0 Å². The Kier molecular flexibility index (Phi) is 10.8. The first-order valence-corrected chi connectivity index (χ1v) is 12.2. The van der Waals surface area contributed by atoms with Gasteiger partial charge in [0.1, 0.15) is 16.8 Å². The van der Waals surface area contributed by atoms with E-state index in [1.54, 1.807) is 13.8 Å². The van der Waals surface area contributed by atoms with E-state index in [1.165, 1.54) is 18.2 Å². The molecule has 34 heavy (non-hydrogen) atoms. The Balaban J connectivity index is 3.31. The normalized spacial score (nSPS) is 12.3. The van der Waals surface area contributed by atoms with Crippen molar-refractivity contribution in [2.24, 2.45) is 0 Å². The van der Waals surface area contributed by atoms with Crippen LogP contribution in [-0.4, -0.2) is 34.7 Å². The molecule has 192 valence electrons. The van der Waals surface area contributed by atoms with Crippen LogP contribution in [0.2, 0.25) is 0 Å². The van der Waals surface area contributed by atoms with E-state index in [2.05, 4.69) is 0 Å². The lowest BCUT2D eigenvalue weighted by molar-refractivity contribution is -0.308. The molecule has 0 unspecified atom stereocenters. The number of hydrogen-bond acceptors (Lipinski definition) is 7. The number of carbonyl (C=O) groups is 3. The second-order valence-electron chi connectivity index (χ2n) is 10.5. The van der Waals surface area contributed by atoms with Crippen LogP contribution in [0.1, 0.15) is 132 Å². The van der Waals surface area contributed by atoms with Crippen LogP contribution in [0.25, 0.3) is 0 Å². The maximum atomic E-state index is 13.0. The standard InChI is InChI=1S/C27H42O7/c1-10-15-25(4,5)31-22(28)19-13-14-20(23(29)32-26(6,7)16-11-2)21(18-19)24(30)33-34-27(8,9)17-12-3/h13-14,18H,10-12,15-17H2,1-9H3. The summed E-state index contributed by atoms with van der Waals surface area (Å²) < 4.78 is 11.3. The zero-order valence-electron chi connectivity index (χ0n) is 22.3. The maximum absolute atomic E-state index is 13.0. The quantitative estimate of drug-likeness (QED) is 0.174. The molecule has 0 saturated carbocycles. The predicted molar refractivity (Wildman–Crippen MR) is 131 cm³/mol. The molecule has 1 rings (SSSR count). The van der Waals surface area contributed by atoms with Gasteiger partial charge >= 0.3 is 17.9 Å². The third-order valence-electron chi connectivity index (χ3n) is 5.33. The van der Waals surface area contributed by atoms with Gasteiger partial charge in [-0.05, 0) is 79.0 Å². The number of carbonyl (C=O) groups excluding carboxylic acids is 3. The highest BCUT2D eigenvalue weighted by molar-refractivity contribution is 6.05. The smallest absolute Gasteiger partial charge is 0.374 e. The number of benzene rings is 1. The SMILES string of the molecule is CCCC(C)(C)OOC(=O)c1cc(C(=O)OC(C)(C)CCC)ccc1C(=O)OC(C)(C)CCC. The highest BCUT2D eigenvalue weighted by Gasteiger charge is 2.30. The number of hydrogen-bond donors (Lipinski definition) is 0. The van der Waals surface area contributed by atoms with Crippen LogP contribution in [0.5, 0.6) is 0 Å². The van der Waals surface area contributed by atoms with Gasteiger partial charge in [0.25, 0.3) is 0 Å². The van der Waals surface area contributed by atoms with Crippen molar-refractivity contribution in [2.75, 3.05) is 0 Å². The summed E-state index contributed by atoms with van der Waals surface area (Å²) in [6.45, 7) is 16.9. The average molecular weight is 479 g/mol. The van der Waals surface area contributed by atoms with E-state index in [0.717, 1.165) is 19.3 Å². The van der Waals surface area contributed by atoms with Gasteiger partial charge < -0.3 is 9.47 Å². The van der Waals surface area contributed by atoms with Crippen LogP contribution in [0.3, 0.4) is 0 Å². The summed E-state index contributed by atoms with van der Waals surface area (Å²) in [6, 6.07) is 4.14. The van der Waals surface area contributed by atoms with Crippen molar-refractivity contribution < 1.29 is 33.6 Å². The van der Waals surface area contributed by atoms with Crippen molar-refractivity contribution in [1.29, 1.82) is 0 Å². The minimum Gasteiger partial charge on any atom is -0.456 e. The van der Waals surface area contributed by atoms with Crippen LogP contribution in [-0.2, 0) is 19.2 Å². The van der Waals surface area contributed by atoms with Gasteiger partial charge in [-0.25, -0.2) is 14.4 Å². The van der Waals surface area contributed by atoms with E-state index >= 15 is 0 Å². The van der Waals surface area contributed by atoms with E-state index in [-0.39, 0.29) is 16.7 Å². The Morgan fingerprint density at radius 1 is 0.647 bits per heavy atom. The molecule has 0 amide bonds. The van der Waals surface area contributed by atoms with Crippen molar-refractivity contribution in [3.8, 4) is 0 Å². The first-order valence-electron chi connectivity index (χ1n) is 12.2. The third-order valence-corrected chi connectivity index (χ3v) is 5.33. The van der Waals surface area contributed by atoms with E-state index in [1.807, 2.05) is 48.5 Å². The summed E-state index contributed by atoms with van der Waals surface area (Å²) in [5.74, 6) is -2.15. The molecule has 0 radical (unpaired) electrons. The molecule has 0 bridgehead atoms. The second kappa shape index (κ2) is 12.3. The van der Waals surface area contributed by atoms with Gasteiger partial charge in [0.2, 0.25) is 0 Å². The fraction of sp³-hybridized carbons (Fsp3) is 0.667. The zero-order chi connectivity index (χ0) is 26.2. The Labute approximate surface area is 204 Å². The van der Waals surface area contributed by atoms with Gasteiger partial charge in [-0.2, -0.15) is 4.89 Å². The molecule has 0 N–H and O–H groups in total. The van der Waals surface area contributed by atoms with Crippen LogP contribution in [0.4, 0.5) is 0 Å². The Bertz CT molecular complexity index is 853. The Morgan fingerprint density at radius 3 is 1.62 bits per heavy atom. The van der Waals surface area contributed by atoms with Gasteiger partial charge in [0, 0.05) is 0 Å². The fourth-order valence-electron chi connectivity index (χ4n) is 3.78. The van der Waals surface area contributed by atoms with Gasteiger partial charge in [-0.1, -0.05) is 40.0 Å². The van der Waals surface area contributed by atoms with Crippen molar-refractivity contribution >= 4 is 17.9 Å². The molecule has 0 aliphatic heterocycles. The van der Waals surface area contributed by atoms with Gasteiger partial charge in [-0.3, -0.25) is 4.89 Å². The summed E-state index contributed by atoms with van der Waals surface area (Å²) in [7, 11) is 0. The minimum absolute atomic E-state index is 0.00422. The first-order chi connectivity index (χ1) is 15.7. The molecular formula is C27H42O7. The molecule has 0 aliphatic carbocycles. The molecule has 7 heteroatoms. The summed E-state index contributed by atoms with van der Waals surface area (Å²) in [5, 5.41) is 0. The van der Waals surface area contributed by atoms with E-state index in [0.29, 0.717) is 19.3 Å². The van der Waals surface area contributed by atoms with Gasteiger partial charge in [0.15, 0.2) is 0 Å². The monoisotopic (exact) mass is 478 g/mol. The fourth-order valence-corrected chi connectivity index (χ4v) is 3.78. The zero-order valence-corrected chi connectivity index (χ0v) is 22.3. The van der Waals surface area contributed by atoms with Crippen molar-refractivity contribution in [3.63, 3.8) is 0 Å². The Morgan fingerprint density at radius 2 is 1.12 bits per heavy atom. The molecule has 7 nitrogen and oxygen atoms in total. The van der Waals surface area contributed by atoms with Crippen molar-refractivity contribution in [2.45, 2.75) is 118 Å². The topological polar surface area (TPSA) is 88.1 Å². The van der Waals surface area contributed by atoms with Crippen molar-refractivity contribution in [1.82, 2.24) is 0 Å². The first kappa shape index (κ1) is 29.6. The average Bonchev–Trinajstić information content (AvgIpc) is 2.70. The third kappa shape index (κ3) is 9.45. The largest absolute Gasteiger partial charge is 0.456 e. The molecule has 0 atom stereocenters. The van der Waals surface area contributed by atoms with Gasteiger partial charge in [0.05, 0.1) is 16.7 Å². The lowest BCUT2D eigenvalue weighted by atomic mass is 10.0. The summed E-state index contributed by atoms with van der Waals surface area (Å²) in [5.41, 5.74) is -2.07. The van der Waals surface area contributed by atoms with E-state index in [9.17, 15) is 14.4 Å². The lowest BCUT2D eigenvalue weighted by Gasteiger charge is -2.26. The van der Waals surface area contributed by atoms with Crippen LogP contribution >= 0.6 is 0 Å². The summed E-state index contributed by atoms with van der Waals surface area (Å²) in [6.07, 6.45) is 4.52. The minimum atomic E-state index is -0.883. The molecule has 1 aromatic carbocycles. The van der Waals surface area contributed by atoms with E-state index < -0.39 is 34.7 Å². The Hall–Kier alpha value is -2.41. The highest BCUT2D eigenvalue weighted by atomic mass is 17.2.